The number of nitrogens with zero attached hydrogens (tertiary/aromatic N) is 1. The number of hydrogen-bond acceptors (Lipinski definition) is 3. The van der Waals surface area contributed by atoms with Crippen molar-refractivity contribution in [1.82, 2.24) is 10.2 Å². The van der Waals surface area contributed by atoms with Crippen molar-refractivity contribution in [2.75, 3.05) is 20.2 Å². The van der Waals surface area contributed by atoms with Gasteiger partial charge in [0.1, 0.15) is 0 Å². The minimum Gasteiger partial charge on any atom is -0.469 e. The van der Waals surface area contributed by atoms with E-state index in [2.05, 4.69) is 5.32 Å². The molecule has 0 bridgehead atoms. The van der Waals surface area contributed by atoms with Crippen LogP contribution < -0.4 is 5.32 Å². The van der Waals surface area contributed by atoms with Gasteiger partial charge < -0.3 is 15.0 Å². The molecule has 0 aromatic heterocycles. The van der Waals surface area contributed by atoms with Gasteiger partial charge >= 0.3 is 12.0 Å². The van der Waals surface area contributed by atoms with Gasteiger partial charge in [-0.1, -0.05) is 0 Å². The lowest BCUT2D eigenvalue weighted by Gasteiger charge is -2.29. The first-order valence-corrected chi connectivity index (χ1v) is 6.75. The van der Waals surface area contributed by atoms with E-state index in [9.17, 15) is 9.59 Å². The lowest BCUT2D eigenvalue weighted by Crippen LogP contribution is -2.46. The Balaban J connectivity index is 2.35. The van der Waals surface area contributed by atoms with E-state index in [0.717, 1.165) is 38.8 Å². The quantitative estimate of drug-likeness (QED) is 0.780. The van der Waals surface area contributed by atoms with Crippen LogP contribution in [0.5, 0.6) is 0 Å². The van der Waals surface area contributed by atoms with Crippen LogP contribution in [0.3, 0.4) is 0 Å². The van der Waals surface area contributed by atoms with Crippen molar-refractivity contribution in [3.8, 4) is 0 Å². The Morgan fingerprint density at radius 2 is 1.72 bits per heavy atom. The maximum Gasteiger partial charge on any atom is 0.317 e. The topological polar surface area (TPSA) is 58.6 Å². The molecule has 0 aromatic rings. The molecule has 5 nitrogen and oxygen atoms in total. The SMILES string of the molecule is CCN(CC)C(=O)NC1CCC(C(=O)OC)CC1. The van der Waals surface area contributed by atoms with Crippen molar-refractivity contribution in [1.29, 1.82) is 0 Å². The molecule has 0 aliphatic heterocycles. The van der Waals surface area contributed by atoms with Crippen LogP contribution in [-0.4, -0.2) is 43.1 Å². The first-order valence-electron chi connectivity index (χ1n) is 6.75. The number of rotatable bonds is 4. The minimum absolute atomic E-state index is 0.00141. The molecule has 1 aliphatic carbocycles. The van der Waals surface area contributed by atoms with Gasteiger partial charge in [0.25, 0.3) is 0 Å². The highest BCUT2D eigenvalue weighted by molar-refractivity contribution is 5.75. The van der Waals surface area contributed by atoms with Crippen LogP contribution in [0.15, 0.2) is 0 Å². The summed E-state index contributed by atoms with van der Waals surface area (Å²) in [5.74, 6) is -0.111. The van der Waals surface area contributed by atoms with E-state index in [1.807, 2.05) is 13.8 Å². The first kappa shape index (κ1) is 14.8. The summed E-state index contributed by atoms with van der Waals surface area (Å²) in [7, 11) is 1.43. The maximum absolute atomic E-state index is 11.9. The van der Waals surface area contributed by atoms with Crippen molar-refractivity contribution < 1.29 is 14.3 Å². The second kappa shape index (κ2) is 7.24. The van der Waals surface area contributed by atoms with Gasteiger partial charge in [0.15, 0.2) is 0 Å². The normalized spacial score (nSPS) is 23.3. The number of carbonyl (C=O) groups excluding carboxylic acids is 2. The highest BCUT2D eigenvalue weighted by Gasteiger charge is 2.28. The fourth-order valence-corrected chi connectivity index (χ4v) is 2.42. The zero-order valence-corrected chi connectivity index (χ0v) is 11.6. The maximum atomic E-state index is 11.9. The Morgan fingerprint density at radius 1 is 1.17 bits per heavy atom. The van der Waals surface area contributed by atoms with E-state index < -0.39 is 0 Å². The minimum atomic E-state index is -0.122. The molecule has 0 unspecified atom stereocenters. The molecule has 104 valence electrons. The molecular weight excluding hydrogens is 232 g/mol. The highest BCUT2D eigenvalue weighted by Crippen LogP contribution is 2.25. The zero-order valence-electron chi connectivity index (χ0n) is 11.6. The summed E-state index contributed by atoms with van der Waals surface area (Å²) in [6.07, 6.45) is 3.31. The molecule has 1 aliphatic rings. The number of nitrogens with one attached hydrogen (secondary N) is 1. The standard InChI is InChI=1S/C13H24N2O3/c1-4-15(5-2)13(17)14-11-8-6-10(7-9-11)12(16)18-3/h10-11H,4-9H2,1-3H3,(H,14,17). The molecule has 1 N–H and O–H groups in total. The van der Waals surface area contributed by atoms with E-state index in [1.54, 1.807) is 4.90 Å². The molecule has 0 heterocycles. The smallest absolute Gasteiger partial charge is 0.317 e. The first-order chi connectivity index (χ1) is 8.62. The Labute approximate surface area is 109 Å². The molecule has 1 fully saturated rings. The second-order valence-electron chi connectivity index (χ2n) is 4.69. The molecule has 0 aromatic carbocycles. The van der Waals surface area contributed by atoms with Crippen molar-refractivity contribution in [2.24, 2.45) is 5.92 Å². The van der Waals surface area contributed by atoms with Gasteiger partial charge in [-0.15, -0.1) is 0 Å². The predicted molar refractivity (Wildman–Crippen MR) is 69.2 cm³/mol. The fourth-order valence-electron chi connectivity index (χ4n) is 2.42. The molecule has 2 amide bonds. The summed E-state index contributed by atoms with van der Waals surface area (Å²) in [5.41, 5.74) is 0. The molecule has 18 heavy (non-hydrogen) atoms. The predicted octanol–water partition coefficient (Wildman–Crippen LogP) is 1.77. The molecule has 1 rings (SSSR count). The van der Waals surface area contributed by atoms with Crippen LogP contribution in [0, 0.1) is 5.92 Å². The van der Waals surface area contributed by atoms with E-state index in [1.165, 1.54) is 7.11 Å². The summed E-state index contributed by atoms with van der Waals surface area (Å²) in [6, 6.07) is 0.195. The summed E-state index contributed by atoms with van der Waals surface area (Å²) in [6.45, 7) is 5.38. The number of hydrogen-bond donors (Lipinski definition) is 1. The third kappa shape index (κ3) is 3.89. The number of methoxy groups -OCH3 is 1. The summed E-state index contributed by atoms with van der Waals surface area (Å²) in [5, 5.41) is 3.03. The molecule has 0 atom stereocenters. The molecular formula is C13H24N2O3. The van der Waals surface area contributed by atoms with E-state index in [0.29, 0.717) is 0 Å². The van der Waals surface area contributed by atoms with Gasteiger partial charge in [0.2, 0.25) is 0 Å². The Bertz CT molecular complexity index is 282. The van der Waals surface area contributed by atoms with Crippen LogP contribution >= 0.6 is 0 Å². The molecule has 5 heteroatoms. The van der Waals surface area contributed by atoms with Crippen LogP contribution in [0.1, 0.15) is 39.5 Å². The van der Waals surface area contributed by atoms with Gasteiger partial charge in [-0.3, -0.25) is 4.79 Å². The average Bonchev–Trinajstić information content (AvgIpc) is 2.40. The average molecular weight is 256 g/mol. The summed E-state index contributed by atoms with van der Waals surface area (Å²) < 4.78 is 4.74. The van der Waals surface area contributed by atoms with Crippen LogP contribution in [0.2, 0.25) is 0 Å². The molecule has 0 spiro atoms. The van der Waals surface area contributed by atoms with E-state index >= 15 is 0 Å². The lowest BCUT2D eigenvalue weighted by atomic mass is 9.86. The second-order valence-corrected chi connectivity index (χ2v) is 4.69. The van der Waals surface area contributed by atoms with Crippen molar-refractivity contribution in [3.05, 3.63) is 0 Å². The van der Waals surface area contributed by atoms with Gasteiger partial charge in [0.05, 0.1) is 13.0 Å². The fraction of sp³-hybridized carbons (Fsp3) is 0.846. The number of ether oxygens (including phenoxy) is 1. The number of carbonyl (C=O) groups is 2. The van der Waals surface area contributed by atoms with Crippen LogP contribution in [0.25, 0.3) is 0 Å². The molecule has 0 saturated heterocycles. The van der Waals surface area contributed by atoms with Crippen molar-refractivity contribution in [3.63, 3.8) is 0 Å². The monoisotopic (exact) mass is 256 g/mol. The van der Waals surface area contributed by atoms with E-state index in [4.69, 9.17) is 4.74 Å². The largest absolute Gasteiger partial charge is 0.469 e. The van der Waals surface area contributed by atoms with Crippen LogP contribution in [0.4, 0.5) is 4.79 Å². The van der Waals surface area contributed by atoms with Gasteiger partial charge in [-0.2, -0.15) is 0 Å². The van der Waals surface area contributed by atoms with E-state index in [-0.39, 0.29) is 24.0 Å². The highest BCUT2D eigenvalue weighted by atomic mass is 16.5. The van der Waals surface area contributed by atoms with Crippen LogP contribution in [-0.2, 0) is 9.53 Å². The van der Waals surface area contributed by atoms with Gasteiger partial charge in [0, 0.05) is 19.1 Å². The third-order valence-corrected chi connectivity index (χ3v) is 3.64. The summed E-state index contributed by atoms with van der Waals surface area (Å²) in [4.78, 5) is 25.0. The number of amides is 2. The van der Waals surface area contributed by atoms with Crippen molar-refractivity contribution >= 4 is 12.0 Å². The summed E-state index contributed by atoms with van der Waals surface area (Å²) >= 11 is 0. The lowest BCUT2D eigenvalue weighted by molar-refractivity contribution is -0.146. The van der Waals surface area contributed by atoms with Gasteiger partial charge in [-0.25, -0.2) is 4.79 Å². The zero-order chi connectivity index (χ0) is 13.5. The van der Waals surface area contributed by atoms with Gasteiger partial charge in [-0.05, 0) is 39.5 Å². The molecule has 0 radical (unpaired) electrons. The Kier molecular flexibility index (Phi) is 5.95. The Hall–Kier alpha value is -1.26. The third-order valence-electron chi connectivity index (χ3n) is 3.64. The van der Waals surface area contributed by atoms with Crippen molar-refractivity contribution in [2.45, 2.75) is 45.6 Å². The number of urea groups is 1. The number of esters is 1. The molecule has 1 saturated carbocycles. The Morgan fingerprint density at radius 3 is 2.17 bits per heavy atom.